The Morgan fingerprint density at radius 2 is 2.07 bits per heavy atom. The zero-order chi connectivity index (χ0) is 20.3. The fourth-order valence-electron chi connectivity index (χ4n) is 3.58. The minimum absolute atomic E-state index is 0.0308. The van der Waals surface area contributed by atoms with Gasteiger partial charge < -0.3 is 14.2 Å². The molecule has 154 valence electrons. The lowest BCUT2D eigenvalue weighted by molar-refractivity contribution is 0.0607. The molecule has 0 N–H and O–H groups in total. The summed E-state index contributed by atoms with van der Waals surface area (Å²) in [6, 6.07) is 0. The van der Waals surface area contributed by atoms with Gasteiger partial charge in [-0.3, -0.25) is 4.79 Å². The van der Waals surface area contributed by atoms with Crippen molar-refractivity contribution in [2.24, 2.45) is 5.92 Å². The number of hydrogen-bond donors (Lipinski definition) is 0. The highest BCUT2D eigenvalue weighted by Gasteiger charge is 2.26. The van der Waals surface area contributed by atoms with Crippen LogP contribution in [-0.4, -0.2) is 52.1 Å². The van der Waals surface area contributed by atoms with Crippen LogP contribution in [0.25, 0.3) is 10.7 Å². The number of carbonyl (C=O) groups excluding carboxylic acids is 1. The van der Waals surface area contributed by atoms with Gasteiger partial charge in [0, 0.05) is 45.0 Å². The molecule has 0 aromatic carbocycles. The van der Waals surface area contributed by atoms with Gasteiger partial charge >= 0.3 is 0 Å². The predicted octanol–water partition coefficient (Wildman–Crippen LogP) is 4.21. The summed E-state index contributed by atoms with van der Waals surface area (Å²) in [6.07, 6.45) is 6.93. The summed E-state index contributed by atoms with van der Waals surface area (Å²) in [4.78, 5) is 24.4. The number of thiazole rings is 1. The first kappa shape index (κ1) is 21.0. The van der Waals surface area contributed by atoms with Gasteiger partial charge in [0.1, 0.15) is 21.4 Å². The molecule has 28 heavy (non-hydrogen) atoms. The second-order valence-corrected chi connectivity index (χ2v) is 9.69. The van der Waals surface area contributed by atoms with Gasteiger partial charge in [0.05, 0.1) is 6.20 Å². The smallest absolute Gasteiger partial charge is 0.265 e. The molecule has 7 heteroatoms. The van der Waals surface area contributed by atoms with Gasteiger partial charge in [0.2, 0.25) is 0 Å². The predicted molar refractivity (Wildman–Crippen MR) is 113 cm³/mol. The Morgan fingerprint density at radius 1 is 1.36 bits per heavy atom. The second-order valence-electron chi connectivity index (χ2n) is 8.66. The lowest BCUT2D eigenvalue weighted by atomic mass is 9.94. The van der Waals surface area contributed by atoms with E-state index < -0.39 is 0 Å². The summed E-state index contributed by atoms with van der Waals surface area (Å²) in [5.41, 5.74) is 0.805. The van der Waals surface area contributed by atoms with Crippen LogP contribution < -0.4 is 0 Å². The maximum atomic E-state index is 12.5. The zero-order valence-corrected chi connectivity index (χ0v) is 18.5. The van der Waals surface area contributed by atoms with E-state index in [0.29, 0.717) is 10.8 Å². The van der Waals surface area contributed by atoms with E-state index in [1.807, 2.05) is 7.05 Å². The molecule has 6 nitrogen and oxygen atoms in total. The summed E-state index contributed by atoms with van der Waals surface area (Å²) in [7, 11) is 1.84. The number of nitrogens with zero attached hydrogens (tertiary/aromatic N) is 4. The van der Waals surface area contributed by atoms with Crippen molar-refractivity contribution in [3.8, 4) is 10.7 Å². The first-order valence-corrected chi connectivity index (χ1v) is 11.0. The summed E-state index contributed by atoms with van der Waals surface area (Å²) in [5.74, 6) is 1.72. The van der Waals surface area contributed by atoms with Crippen LogP contribution in [0.15, 0.2) is 12.4 Å². The van der Waals surface area contributed by atoms with Gasteiger partial charge in [0.25, 0.3) is 5.91 Å². The Balaban J connectivity index is 1.85. The first-order chi connectivity index (χ1) is 13.3. The summed E-state index contributed by atoms with van der Waals surface area (Å²) >= 11 is 1.43. The van der Waals surface area contributed by atoms with Crippen molar-refractivity contribution in [3.05, 3.63) is 23.1 Å². The van der Waals surface area contributed by atoms with E-state index in [9.17, 15) is 4.79 Å². The van der Waals surface area contributed by atoms with Gasteiger partial charge in [-0.15, -0.1) is 11.3 Å². The van der Waals surface area contributed by atoms with Crippen molar-refractivity contribution >= 4 is 17.2 Å². The molecule has 0 unspecified atom stereocenters. The minimum Gasteiger partial charge on any atom is -0.381 e. The van der Waals surface area contributed by atoms with E-state index in [-0.39, 0.29) is 11.3 Å². The molecule has 3 rings (SSSR count). The number of carbonyl (C=O) groups is 1. The number of ether oxygens (including phenoxy) is 1. The minimum atomic E-state index is -0.0549. The van der Waals surface area contributed by atoms with Crippen molar-refractivity contribution in [1.29, 1.82) is 0 Å². The van der Waals surface area contributed by atoms with Crippen molar-refractivity contribution in [3.63, 3.8) is 0 Å². The highest BCUT2D eigenvalue weighted by Crippen LogP contribution is 2.31. The summed E-state index contributed by atoms with van der Waals surface area (Å²) in [5, 5.41) is 0.810. The van der Waals surface area contributed by atoms with Crippen molar-refractivity contribution in [2.45, 2.75) is 58.9 Å². The standard InChI is InChI=1S/C21H32N4O2S/c1-6-9-24(5)19(26)17-12-22-18(28-17)16-14-25(20(23-16)21(2,3)4)13-15-7-10-27-11-8-15/h12,14-15H,6-11,13H2,1-5H3. The number of rotatable bonds is 6. The van der Waals surface area contributed by atoms with Crippen LogP contribution in [-0.2, 0) is 16.7 Å². The van der Waals surface area contributed by atoms with Crippen LogP contribution in [0.5, 0.6) is 0 Å². The fourth-order valence-corrected chi connectivity index (χ4v) is 4.45. The molecule has 0 aliphatic carbocycles. The molecule has 0 bridgehead atoms. The van der Waals surface area contributed by atoms with E-state index >= 15 is 0 Å². The average molecular weight is 405 g/mol. The summed E-state index contributed by atoms with van der Waals surface area (Å²) in [6.45, 7) is 12.0. The molecule has 2 aromatic rings. The topological polar surface area (TPSA) is 60.2 Å². The molecular weight excluding hydrogens is 372 g/mol. The molecule has 0 atom stereocenters. The SMILES string of the molecule is CCCN(C)C(=O)c1cnc(-c2cn(CC3CCOCC3)c(C(C)(C)C)n2)s1. The van der Waals surface area contributed by atoms with Crippen LogP contribution in [0.4, 0.5) is 0 Å². The molecule has 1 amide bonds. The quantitative estimate of drug-likeness (QED) is 0.723. The molecule has 1 fully saturated rings. The van der Waals surface area contributed by atoms with Crippen molar-refractivity contribution in [2.75, 3.05) is 26.8 Å². The molecule has 1 aliphatic heterocycles. The maximum Gasteiger partial charge on any atom is 0.265 e. The molecular formula is C21H32N4O2S. The van der Waals surface area contributed by atoms with Crippen LogP contribution in [0.2, 0.25) is 0 Å². The third-order valence-corrected chi connectivity index (χ3v) is 6.09. The normalized spacial score (nSPS) is 15.8. The van der Waals surface area contributed by atoms with E-state index in [0.717, 1.165) is 62.1 Å². The Kier molecular flexibility index (Phi) is 6.55. The highest BCUT2D eigenvalue weighted by atomic mass is 32.1. The van der Waals surface area contributed by atoms with E-state index in [2.05, 4.69) is 43.4 Å². The number of amides is 1. The van der Waals surface area contributed by atoms with Gasteiger partial charge in [-0.05, 0) is 25.2 Å². The van der Waals surface area contributed by atoms with E-state index in [1.165, 1.54) is 11.3 Å². The van der Waals surface area contributed by atoms with Gasteiger partial charge in [-0.1, -0.05) is 27.7 Å². The zero-order valence-electron chi connectivity index (χ0n) is 17.7. The summed E-state index contributed by atoms with van der Waals surface area (Å²) < 4.78 is 7.79. The van der Waals surface area contributed by atoms with Crippen LogP contribution in [0, 0.1) is 5.92 Å². The third-order valence-electron chi connectivity index (χ3n) is 5.08. The van der Waals surface area contributed by atoms with E-state index in [4.69, 9.17) is 9.72 Å². The van der Waals surface area contributed by atoms with Gasteiger partial charge in [0.15, 0.2) is 0 Å². The number of aromatic nitrogens is 3. The highest BCUT2D eigenvalue weighted by molar-refractivity contribution is 7.16. The molecule has 3 heterocycles. The molecule has 1 saturated heterocycles. The number of hydrogen-bond acceptors (Lipinski definition) is 5. The fraction of sp³-hybridized carbons (Fsp3) is 0.667. The van der Waals surface area contributed by atoms with Crippen molar-refractivity contribution in [1.82, 2.24) is 19.4 Å². The number of imidazole rings is 1. The molecule has 2 aromatic heterocycles. The lowest BCUT2D eigenvalue weighted by Crippen LogP contribution is -2.26. The lowest BCUT2D eigenvalue weighted by Gasteiger charge is -2.25. The van der Waals surface area contributed by atoms with E-state index in [1.54, 1.807) is 11.1 Å². The third kappa shape index (κ3) is 4.81. The average Bonchev–Trinajstić information content (AvgIpc) is 3.29. The van der Waals surface area contributed by atoms with Crippen LogP contribution in [0.1, 0.15) is 62.5 Å². The van der Waals surface area contributed by atoms with Gasteiger partial charge in [-0.2, -0.15) is 0 Å². The molecule has 1 aliphatic rings. The molecule has 0 saturated carbocycles. The van der Waals surface area contributed by atoms with Crippen molar-refractivity contribution < 1.29 is 9.53 Å². The van der Waals surface area contributed by atoms with Gasteiger partial charge in [-0.25, -0.2) is 9.97 Å². The molecule has 0 radical (unpaired) electrons. The largest absolute Gasteiger partial charge is 0.381 e. The Hall–Kier alpha value is -1.73. The second kappa shape index (κ2) is 8.74. The van der Waals surface area contributed by atoms with Crippen LogP contribution in [0.3, 0.4) is 0 Å². The first-order valence-electron chi connectivity index (χ1n) is 10.2. The maximum absolute atomic E-state index is 12.5. The molecule has 0 spiro atoms. The monoisotopic (exact) mass is 404 g/mol. The Bertz CT molecular complexity index is 800. The Morgan fingerprint density at radius 3 is 2.71 bits per heavy atom. The van der Waals surface area contributed by atoms with Crippen LogP contribution >= 0.6 is 11.3 Å². The Labute approximate surface area is 171 Å².